The van der Waals surface area contributed by atoms with Crippen LogP contribution < -0.4 is 10.1 Å². The summed E-state index contributed by atoms with van der Waals surface area (Å²) in [6.45, 7) is 4.57. The topological polar surface area (TPSA) is 38.3 Å². The van der Waals surface area contributed by atoms with Gasteiger partial charge in [-0.25, -0.2) is 0 Å². The monoisotopic (exact) mass is 255 g/mol. The van der Waals surface area contributed by atoms with Crippen LogP contribution in [-0.4, -0.2) is 18.9 Å². The van der Waals surface area contributed by atoms with Gasteiger partial charge < -0.3 is 10.1 Å². The Morgan fingerprint density at radius 3 is 2.65 bits per heavy atom. The summed E-state index contributed by atoms with van der Waals surface area (Å²) in [6.07, 6.45) is 0.357. The molecule has 0 saturated carbocycles. The Bertz CT molecular complexity index is 405. The van der Waals surface area contributed by atoms with Crippen LogP contribution in [0.25, 0.3) is 0 Å². The van der Waals surface area contributed by atoms with E-state index >= 15 is 0 Å². The molecule has 17 heavy (non-hydrogen) atoms. The zero-order valence-electron chi connectivity index (χ0n) is 10.5. The Balaban J connectivity index is 2.73. The number of alkyl halides is 1. The molecule has 0 aliphatic carbocycles. The Morgan fingerprint density at radius 2 is 2.06 bits per heavy atom. The minimum Gasteiger partial charge on any atom is -0.496 e. The normalized spacial score (nSPS) is 10.1. The molecule has 0 aliphatic rings. The van der Waals surface area contributed by atoms with Gasteiger partial charge in [0, 0.05) is 18.8 Å². The summed E-state index contributed by atoms with van der Waals surface area (Å²) >= 11 is 5.50. The molecule has 4 heteroatoms. The molecule has 1 aromatic rings. The SMILES string of the molecule is COc1ccc(CNC(=O)CCCl)c(C)c1C. The summed E-state index contributed by atoms with van der Waals surface area (Å²) < 4.78 is 5.24. The van der Waals surface area contributed by atoms with E-state index in [2.05, 4.69) is 5.32 Å². The number of rotatable bonds is 5. The fourth-order valence-electron chi connectivity index (χ4n) is 1.63. The number of methoxy groups -OCH3 is 1. The average molecular weight is 256 g/mol. The molecule has 0 heterocycles. The van der Waals surface area contributed by atoms with Gasteiger partial charge in [-0.15, -0.1) is 11.6 Å². The molecular weight excluding hydrogens is 238 g/mol. The van der Waals surface area contributed by atoms with Crippen molar-refractivity contribution in [3.8, 4) is 5.75 Å². The molecule has 0 aliphatic heterocycles. The number of carbonyl (C=O) groups is 1. The van der Waals surface area contributed by atoms with Crippen LogP contribution in [0.2, 0.25) is 0 Å². The summed E-state index contributed by atoms with van der Waals surface area (Å²) in [6, 6.07) is 3.90. The quantitative estimate of drug-likeness (QED) is 0.822. The third-order valence-electron chi connectivity index (χ3n) is 2.87. The van der Waals surface area contributed by atoms with E-state index in [0.29, 0.717) is 18.8 Å². The van der Waals surface area contributed by atoms with Crippen LogP contribution in [0.1, 0.15) is 23.1 Å². The number of halogens is 1. The van der Waals surface area contributed by atoms with Crippen LogP contribution in [0.4, 0.5) is 0 Å². The van der Waals surface area contributed by atoms with Crippen LogP contribution in [0.5, 0.6) is 5.75 Å². The number of amides is 1. The molecule has 1 N–H and O–H groups in total. The van der Waals surface area contributed by atoms with Crippen molar-refractivity contribution in [2.24, 2.45) is 0 Å². The van der Waals surface area contributed by atoms with Crippen molar-refractivity contribution in [2.45, 2.75) is 26.8 Å². The van der Waals surface area contributed by atoms with Gasteiger partial charge in [0.25, 0.3) is 0 Å². The van der Waals surface area contributed by atoms with Crippen LogP contribution in [0.3, 0.4) is 0 Å². The second-order valence-electron chi connectivity index (χ2n) is 3.89. The second-order valence-corrected chi connectivity index (χ2v) is 4.27. The number of benzene rings is 1. The predicted octanol–water partition coefficient (Wildman–Crippen LogP) is 2.56. The lowest BCUT2D eigenvalue weighted by atomic mass is 10.0. The van der Waals surface area contributed by atoms with Crippen molar-refractivity contribution in [1.29, 1.82) is 0 Å². The molecule has 1 rings (SSSR count). The molecule has 0 atom stereocenters. The van der Waals surface area contributed by atoms with E-state index in [1.54, 1.807) is 7.11 Å². The maximum atomic E-state index is 11.3. The zero-order valence-corrected chi connectivity index (χ0v) is 11.2. The van der Waals surface area contributed by atoms with Crippen molar-refractivity contribution in [3.63, 3.8) is 0 Å². The largest absolute Gasteiger partial charge is 0.496 e. The van der Waals surface area contributed by atoms with Crippen LogP contribution >= 0.6 is 11.6 Å². The lowest BCUT2D eigenvalue weighted by Gasteiger charge is -2.13. The number of carbonyl (C=O) groups excluding carboxylic acids is 1. The third kappa shape index (κ3) is 3.63. The highest BCUT2D eigenvalue weighted by molar-refractivity contribution is 6.18. The molecule has 3 nitrogen and oxygen atoms in total. The average Bonchev–Trinajstić information content (AvgIpc) is 2.31. The highest BCUT2D eigenvalue weighted by atomic mass is 35.5. The van der Waals surface area contributed by atoms with E-state index in [1.807, 2.05) is 26.0 Å². The van der Waals surface area contributed by atoms with Crippen molar-refractivity contribution in [3.05, 3.63) is 28.8 Å². The van der Waals surface area contributed by atoms with Gasteiger partial charge in [-0.05, 0) is 36.6 Å². The summed E-state index contributed by atoms with van der Waals surface area (Å²) in [5, 5.41) is 2.84. The van der Waals surface area contributed by atoms with Gasteiger partial charge in [-0.1, -0.05) is 6.07 Å². The first-order chi connectivity index (χ1) is 8.10. The first-order valence-corrected chi connectivity index (χ1v) is 6.09. The van der Waals surface area contributed by atoms with E-state index in [-0.39, 0.29) is 5.91 Å². The molecule has 1 amide bonds. The number of ether oxygens (including phenoxy) is 1. The van der Waals surface area contributed by atoms with Crippen LogP contribution in [0.15, 0.2) is 12.1 Å². The number of nitrogens with one attached hydrogen (secondary N) is 1. The minimum atomic E-state index is -0.0205. The van der Waals surface area contributed by atoms with Gasteiger partial charge in [0.2, 0.25) is 5.91 Å². The number of hydrogen-bond donors (Lipinski definition) is 1. The summed E-state index contributed by atoms with van der Waals surface area (Å²) in [5.41, 5.74) is 3.36. The Labute approximate surface area is 107 Å². The smallest absolute Gasteiger partial charge is 0.221 e. The van der Waals surface area contributed by atoms with Gasteiger partial charge >= 0.3 is 0 Å². The van der Waals surface area contributed by atoms with Crippen LogP contribution in [0, 0.1) is 13.8 Å². The van der Waals surface area contributed by atoms with E-state index < -0.39 is 0 Å². The van der Waals surface area contributed by atoms with Crippen LogP contribution in [-0.2, 0) is 11.3 Å². The first kappa shape index (κ1) is 13.8. The standard InChI is InChI=1S/C13H18ClNO2/c1-9-10(2)12(17-3)5-4-11(9)8-15-13(16)6-7-14/h4-5H,6-8H2,1-3H3,(H,15,16). The van der Waals surface area contributed by atoms with Crippen molar-refractivity contribution in [1.82, 2.24) is 5.32 Å². The first-order valence-electron chi connectivity index (χ1n) is 5.56. The van der Waals surface area contributed by atoms with Gasteiger partial charge in [-0.3, -0.25) is 4.79 Å². The molecule has 0 spiro atoms. The summed E-state index contributed by atoms with van der Waals surface area (Å²) in [4.78, 5) is 11.3. The predicted molar refractivity (Wildman–Crippen MR) is 69.7 cm³/mol. The van der Waals surface area contributed by atoms with E-state index in [0.717, 1.165) is 22.4 Å². The third-order valence-corrected chi connectivity index (χ3v) is 3.06. The molecule has 0 fully saturated rings. The molecular formula is C13H18ClNO2. The molecule has 94 valence electrons. The van der Waals surface area contributed by atoms with Gasteiger partial charge in [0.15, 0.2) is 0 Å². The van der Waals surface area contributed by atoms with Gasteiger partial charge in [0.05, 0.1) is 7.11 Å². The Hall–Kier alpha value is -1.22. The van der Waals surface area contributed by atoms with Crippen molar-refractivity contribution < 1.29 is 9.53 Å². The fourth-order valence-corrected chi connectivity index (χ4v) is 1.80. The molecule has 0 unspecified atom stereocenters. The lowest BCUT2D eigenvalue weighted by molar-refractivity contribution is -0.120. The summed E-state index contributed by atoms with van der Waals surface area (Å²) in [5.74, 6) is 1.21. The number of hydrogen-bond acceptors (Lipinski definition) is 2. The second kappa shape index (κ2) is 6.50. The maximum absolute atomic E-state index is 11.3. The van der Waals surface area contributed by atoms with E-state index in [1.165, 1.54) is 0 Å². The van der Waals surface area contributed by atoms with Crippen molar-refractivity contribution >= 4 is 17.5 Å². The Morgan fingerprint density at radius 1 is 1.35 bits per heavy atom. The van der Waals surface area contributed by atoms with Crippen molar-refractivity contribution in [2.75, 3.05) is 13.0 Å². The summed E-state index contributed by atoms with van der Waals surface area (Å²) in [7, 11) is 1.66. The van der Waals surface area contributed by atoms with Gasteiger partial charge in [-0.2, -0.15) is 0 Å². The lowest BCUT2D eigenvalue weighted by Crippen LogP contribution is -2.23. The highest BCUT2D eigenvalue weighted by Gasteiger charge is 2.07. The molecule has 0 bridgehead atoms. The fraction of sp³-hybridized carbons (Fsp3) is 0.462. The van der Waals surface area contributed by atoms with E-state index in [4.69, 9.17) is 16.3 Å². The maximum Gasteiger partial charge on any atom is 0.221 e. The highest BCUT2D eigenvalue weighted by Crippen LogP contribution is 2.23. The van der Waals surface area contributed by atoms with E-state index in [9.17, 15) is 4.79 Å². The Kier molecular flexibility index (Phi) is 5.29. The molecule has 0 radical (unpaired) electrons. The zero-order chi connectivity index (χ0) is 12.8. The molecule has 0 saturated heterocycles. The minimum absolute atomic E-state index is 0.0205. The van der Waals surface area contributed by atoms with Gasteiger partial charge in [0.1, 0.15) is 5.75 Å². The molecule has 1 aromatic carbocycles. The molecule has 0 aromatic heterocycles.